The fourth-order valence-electron chi connectivity index (χ4n) is 1.89. The maximum Gasteiger partial charge on any atom is 0.141 e. The quantitative estimate of drug-likeness (QED) is 0.386. The Morgan fingerprint density at radius 1 is 1.26 bits per heavy atom. The van der Waals surface area contributed by atoms with Crippen LogP contribution in [0.2, 0.25) is 0 Å². The van der Waals surface area contributed by atoms with Crippen LogP contribution in [0.4, 0.5) is 0 Å². The van der Waals surface area contributed by atoms with Gasteiger partial charge >= 0.3 is 0 Å². The summed E-state index contributed by atoms with van der Waals surface area (Å²) in [6.07, 6.45) is 9.30. The highest BCUT2D eigenvalue weighted by molar-refractivity contribution is 5.93. The molecule has 0 atom stereocenters. The fraction of sp³-hybridized carbons (Fsp3) is 0.600. The monoisotopic (exact) mass is 263 g/mol. The maximum atomic E-state index is 7.33. The van der Waals surface area contributed by atoms with Crippen LogP contribution in [-0.4, -0.2) is 17.4 Å². The van der Waals surface area contributed by atoms with Crippen LogP contribution in [0.15, 0.2) is 18.3 Å². The summed E-state index contributed by atoms with van der Waals surface area (Å²) in [7, 11) is 0. The lowest BCUT2D eigenvalue weighted by molar-refractivity contribution is 0.116. The number of nitrogens with zero attached hydrogens (tertiary/aromatic N) is 1. The number of amidine groups is 1. The van der Waals surface area contributed by atoms with E-state index in [0.717, 1.165) is 18.6 Å². The molecular formula is C15H25N3O. The molecule has 0 bridgehead atoms. The van der Waals surface area contributed by atoms with Gasteiger partial charge in [0.25, 0.3) is 0 Å². The molecule has 0 aliphatic rings. The predicted octanol–water partition coefficient (Wildman–Crippen LogP) is 3.24. The first-order valence-electron chi connectivity index (χ1n) is 7.11. The molecule has 0 spiro atoms. The summed E-state index contributed by atoms with van der Waals surface area (Å²) < 4.78 is 5.62. The van der Waals surface area contributed by atoms with Crippen molar-refractivity contribution in [1.82, 2.24) is 4.98 Å². The first kappa shape index (κ1) is 15.6. The van der Waals surface area contributed by atoms with Gasteiger partial charge in [-0.3, -0.25) is 10.4 Å². The number of pyridine rings is 1. The zero-order valence-electron chi connectivity index (χ0n) is 11.8. The van der Waals surface area contributed by atoms with Gasteiger partial charge in [-0.25, -0.2) is 0 Å². The maximum absolute atomic E-state index is 7.33. The lowest BCUT2D eigenvalue weighted by atomic mass is 10.1. The molecule has 0 unspecified atom stereocenters. The number of rotatable bonds is 10. The number of ether oxygens (including phenoxy) is 1. The zero-order chi connectivity index (χ0) is 13.9. The van der Waals surface area contributed by atoms with Crippen molar-refractivity contribution in [2.24, 2.45) is 5.73 Å². The minimum Gasteiger partial charge on any atom is -0.382 e. The number of aromatic nitrogens is 1. The average Bonchev–Trinajstić information content (AvgIpc) is 2.42. The lowest BCUT2D eigenvalue weighted by Crippen LogP contribution is -2.13. The molecular weight excluding hydrogens is 238 g/mol. The van der Waals surface area contributed by atoms with Gasteiger partial charge in [-0.1, -0.05) is 39.0 Å². The van der Waals surface area contributed by atoms with Crippen LogP contribution < -0.4 is 5.73 Å². The van der Waals surface area contributed by atoms with E-state index in [4.69, 9.17) is 15.9 Å². The number of unbranched alkanes of at least 4 members (excludes halogenated alkanes) is 5. The number of hydrogen-bond donors (Lipinski definition) is 2. The molecule has 1 rings (SSSR count). The molecule has 0 aromatic carbocycles. The second-order valence-electron chi connectivity index (χ2n) is 4.78. The minimum atomic E-state index is -0.00206. The van der Waals surface area contributed by atoms with Crippen molar-refractivity contribution in [3.05, 3.63) is 29.6 Å². The smallest absolute Gasteiger partial charge is 0.141 e. The largest absolute Gasteiger partial charge is 0.382 e. The van der Waals surface area contributed by atoms with E-state index >= 15 is 0 Å². The summed E-state index contributed by atoms with van der Waals surface area (Å²) in [5.41, 5.74) is 6.93. The van der Waals surface area contributed by atoms with Crippen LogP contribution in [0.3, 0.4) is 0 Å². The lowest BCUT2D eigenvalue weighted by Gasteiger charge is -2.05. The van der Waals surface area contributed by atoms with Gasteiger partial charge < -0.3 is 10.5 Å². The Morgan fingerprint density at radius 3 is 2.74 bits per heavy atom. The van der Waals surface area contributed by atoms with Gasteiger partial charge in [0.15, 0.2) is 0 Å². The SMILES string of the molecule is CCCCCCCCOCc1ccnc(C(=N)N)c1. The highest BCUT2D eigenvalue weighted by atomic mass is 16.5. The molecule has 0 fully saturated rings. The molecule has 4 heteroatoms. The molecule has 0 radical (unpaired) electrons. The van der Waals surface area contributed by atoms with Gasteiger partial charge in [0.2, 0.25) is 0 Å². The highest BCUT2D eigenvalue weighted by Crippen LogP contribution is 2.07. The summed E-state index contributed by atoms with van der Waals surface area (Å²) in [6, 6.07) is 3.71. The van der Waals surface area contributed by atoms with Gasteiger partial charge in [-0.2, -0.15) is 0 Å². The van der Waals surface area contributed by atoms with E-state index in [-0.39, 0.29) is 5.84 Å². The standard InChI is InChI=1S/C15H25N3O/c1-2-3-4-5-6-7-10-19-12-13-8-9-18-14(11-13)15(16)17/h8-9,11H,2-7,10,12H2,1H3,(H3,16,17). The third kappa shape index (κ3) is 6.91. The summed E-state index contributed by atoms with van der Waals surface area (Å²) in [5.74, 6) is -0.00206. The van der Waals surface area contributed by atoms with E-state index in [1.54, 1.807) is 6.20 Å². The van der Waals surface area contributed by atoms with Crippen LogP contribution in [-0.2, 0) is 11.3 Å². The Labute approximate surface area is 115 Å². The van der Waals surface area contributed by atoms with Crippen molar-refractivity contribution in [2.75, 3.05) is 6.61 Å². The first-order chi connectivity index (χ1) is 9.24. The van der Waals surface area contributed by atoms with Gasteiger partial charge in [0, 0.05) is 12.8 Å². The van der Waals surface area contributed by atoms with E-state index in [1.807, 2.05) is 12.1 Å². The second kappa shape index (κ2) is 9.50. The van der Waals surface area contributed by atoms with Crippen LogP contribution >= 0.6 is 0 Å². The molecule has 0 amide bonds. The minimum absolute atomic E-state index is 0.00206. The molecule has 3 N–H and O–H groups in total. The van der Waals surface area contributed by atoms with E-state index < -0.39 is 0 Å². The molecule has 19 heavy (non-hydrogen) atoms. The normalized spacial score (nSPS) is 10.6. The summed E-state index contributed by atoms with van der Waals surface area (Å²) in [4.78, 5) is 4.02. The van der Waals surface area contributed by atoms with Crippen LogP contribution in [0.1, 0.15) is 56.7 Å². The average molecular weight is 263 g/mol. The van der Waals surface area contributed by atoms with Crippen LogP contribution in [0, 0.1) is 5.41 Å². The van der Waals surface area contributed by atoms with Gasteiger partial charge in [-0.15, -0.1) is 0 Å². The number of nitrogen functional groups attached to an aromatic ring is 1. The Kier molecular flexibility index (Phi) is 7.82. The Hall–Kier alpha value is -1.42. The van der Waals surface area contributed by atoms with Crippen LogP contribution in [0.5, 0.6) is 0 Å². The summed E-state index contributed by atoms with van der Waals surface area (Å²) in [5, 5.41) is 7.33. The number of hydrogen-bond acceptors (Lipinski definition) is 3. The van der Waals surface area contributed by atoms with Crippen molar-refractivity contribution in [1.29, 1.82) is 5.41 Å². The van der Waals surface area contributed by atoms with Crippen molar-refractivity contribution in [3.63, 3.8) is 0 Å². The van der Waals surface area contributed by atoms with Gasteiger partial charge in [0.05, 0.1) is 6.61 Å². The van der Waals surface area contributed by atoms with Crippen molar-refractivity contribution < 1.29 is 4.74 Å². The molecule has 4 nitrogen and oxygen atoms in total. The highest BCUT2D eigenvalue weighted by Gasteiger charge is 2.00. The van der Waals surface area contributed by atoms with E-state index in [2.05, 4.69) is 11.9 Å². The Bertz CT molecular complexity index is 379. The van der Waals surface area contributed by atoms with E-state index in [1.165, 1.54) is 32.1 Å². The molecule has 1 aromatic heterocycles. The molecule has 1 aromatic rings. The van der Waals surface area contributed by atoms with Gasteiger partial charge in [-0.05, 0) is 24.1 Å². The molecule has 0 aliphatic carbocycles. The van der Waals surface area contributed by atoms with Crippen LogP contribution in [0.25, 0.3) is 0 Å². The van der Waals surface area contributed by atoms with Crippen molar-refractivity contribution in [2.45, 2.75) is 52.1 Å². The third-order valence-corrected chi connectivity index (χ3v) is 3.01. The molecule has 0 saturated carbocycles. The molecule has 1 heterocycles. The Morgan fingerprint density at radius 2 is 2.00 bits per heavy atom. The first-order valence-corrected chi connectivity index (χ1v) is 7.11. The van der Waals surface area contributed by atoms with Crippen molar-refractivity contribution >= 4 is 5.84 Å². The fourth-order valence-corrected chi connectivity index (χ4v) is 1.89. The molecule has 106 valence electrons. The summed E-state index contributed by atoms with van der Waals surface area (Å²) >= 11 is 0. The molecule has 0 aliphatic heterocycles. The number of nitrogens with two attached hydrogens (primary N) is 1. The summed E-state index contributed by atoms with van der Waals surface area (Å²) in [6.45, 7) is 3.59. The van der Waals surface area contributed by atoms with E-state index in [0.29, 0.717) is 12.3 Å². The third-order valence-electron chi connectivity index (χ3n) is 3.01. The number of nitrogens with one attached hydrogen (secondary N) is 1. The topological polar surface area (TPSA) is 72.0 Å². The van der Waals surface area contributed by atoms with Crippen molar-refractivity contribution in [3.8, 4) is 0 Å². The Balaban J connectivity index is 2.12. The second-order valence-corrected chi connectivity index (χ2v) is 4.78. The predicted molar refractivity (Wildman–Crippen MR) is 78.3 cm³/mol. The molecule has 0 saturated heterocycles. The van der Waals surface area contributed by atoms with E-state index in [9.17, 15) is 0 Å². The van der Waals surface area contributed by atoms with Gasteiger partial charge in [0.1, 0.15) is 11.5 Å². The zero-order valence-corrected chi connectivity index (χ0v) is 11.8.